The number of aliphatic hydroxyl groups excluding tert-OH is 1. The van der Waals surface area contributed by atoms with Gasteiger partial charge >= 0.3 is 0 Å². The summed E-state index contributed by atoms with van der Waals surface area (Å²) in [4.78, 5) is 2.17. The minimum atomic E-state index is -0.247. The summed E-state index contributed by atoms with van der Waals surface area (Å²) in [5.41, 5.74) is 5.53. The maximum Gasteiger partial charge on any atom is 0.0526 e. The van der Waals surface area contributed by atoms with Gasteiger partial charge in [0.1, 0.15) is 0 Å². The van der Waals surface area contributed by atoms with E-state index in [9.17, 15) is 5.11 Å². The predicted octanol–water partition coefficient (Wildman–Crippen LogP) is 0.0160. The second-order valence-corrected chi connectivity index (χ2v) is 4.47. The van der Waals surface area contributed by atoms with Crippen LogP contribution >= 0.6 is 0 Å². The molecule has 0 amide bonds. The summed E-state index contributed by atoms with van der Waals surface area (Å²) in [5, 5.41) is 12.7. The summed E-state index contributed by atoms with van der Waals surface area (Å²) in [6.45, 7) is 4.59. The van der Waals surface area contributed by atoms with Crippen LogP contribution in [0.3, 0.4) is 0 Å². The van der Waals surface area contributed by atoms with Crippen LogP contribution in [0, 0.1) is 0 Å². The van der Waals surface area contributed by atoms with Gasteiger partial charge in [0.05, 0.1) is 6.10 Å². The topological polar surface area (TPSA) is 61.5 Å². The summed E-state index contributed by atoms with van der Waals surface area (Å²) < 4.78 is 0. The van der Waals surface area contributed by atoms with E-state index in [1.165, 1.54) is 0 Å². The van der Waals surface area contributed by atoms with E-state index < -0.39 is 0 Å². The van der Waals surface area contributed by atoms with Crippen molar-refractivity contribution in [1.29, 1.82) is 0 Å². The van der Waals surface area contributed by atoms with Gasteiger partial charge in [-0.2, -0.15) is 0 Å². The van der Waals surface area contributed by atoms with Gasteiger partial charge in [0.25, 0.3) is 0 Å². The molecule has 0 rings (SSSR count). The summed E-state index contributed by atoms with van der Waals surface area (Å²) in [7, 11) is 4.15. The van der Waals surface area contributed by atoms with Crippen LogP contribution in [0.15, 0.2) is 0 Å². The Bertz CT molecular complexity index is 140. The molecular weight excluding hydrogens is 190 g/mol. The van der Waals surface area contributed by atoms with E-state index in [4.69, 9.17) is 5.73 Å². The van der Waals surface area contributed by atoms with Crippen molar-refractivity contribution >= 4 is 0 Å². The van der Waals surface area contributed by atoms with Crippen molar-refractivity contribution in [2.75, 3.05) is 33.7 Å². The third kappa shape index (κ3) is 10.1. The maximum atomic E-state index is 9.31. The van der Waals surface area contributed by atoms with Crippen LogP contribution in [0.25, 0.3) is 0 Å². The molecule has 0 radical (unpaired) electrons. The van der Waals surface area contributed by atoms with E-state index >= 15 is 0 Å². The van der Waals surface area contributed by atoms with Gasteiger partial charge in [0, 0.05) is 6.04 Å². The molecule has 4 heteroatoms. The summed E-state index contributed by atoms with van der Waals surface area (Å²) in [5.74, 6) is 0. The highest BCUT2D eigenvalue weighted by atomic mass is 16.3. The van der Waals surface area contributed by atoms with E-state index in [1.54, 1.807) is 0 Å². The molecule has 0 fully saturated rings. The molecule has 4 N–H and O–H groups in total. The second-order valence-electron chi connectivity index (χ2n) is 4.47. The van der Waals surface area contributed by atoms with Crippen molar-refractivity contribution in [2.45, 2.75) is 38.3 Å². The van der Waals surface area contributed by atoms with Gasteiger partial charge < -0.3 is 21.1 Å². The number of nitrogens with one attached hydrogen (secondary N) is 1. The Labute approximate surface area is 93.8 Å². The highest BCUT2D eigenvalue weighted by molar-refractivity contribution is 4.70. The lowest BCUT2D eigenvalue weighted by Crippen LogP contribution is -2.35. The quantitative estimate of drug-likeness (QED) is 0.476. The standard InChI is InChI=1S/C11H27N3O/c1-10(15)9-11(5-6-12)13-7-4-8-14(2)3/h10-11,13,15H,4-9,12H2,1-3H3. The Morgan fingerprint density at radius 3 is 2.53 bits per heavy atom. The van der Waals surface area contributed by atoms with Gasteiger partial charge in [0.2, 0.25) is 0 Å². The lowest BCUT2D eigenvalue weighted by Gasteiger charge is -2.20. The fraction of sp³-hybridized carbons (Fsp3) is 1.00. The zero-order valence-electron chi connectivity index (χ0n) is 10.4. The number of nitrogens with two attached hydrogens (primary N) is 1. The Hall–Kier alpha value is -0.160. The van der Waals surface area contributed by atoms with Crippen LogP contribution in [0.5, 0.6) is 0 Å². The van der Waals surface area contributed by atoms with E-state index in [1.807, 2.05) is 6.92 Å². The molecule has 0 aromatic carbocycles. The van der Waals surface area contributed by atoms with Gasteiger partial charge in [-0.15, -0.1) is 0 Å². The van der Waals surface area contributed by atoms with Crippen LogP contribution in [-0.2, 0) is 0 Å². The fourth-order valence-corrected chi connectivity index (χ4v) is 1.62. The van der Waals surface area contributed by atoms with Crippen LogP contribution in [0.4, 0.5) is 0 Å². The van der Waals surface area contributed by atoms with Crippen LogP contribution < -0.4 is 11.1 Å². The van der Waals surface area contributed by atoms with Crippen LogP contribution in [-0.4, -0.2) is 55.9 Å². The van der Waals surface area contributed by atoms with E-state index in [2.05, 4.69) is 24.3 Å². The van der Waals surface area contributed by atoms with Gasteiger partial charge in [-0.3, -0.25) is 0 Å². The maximum absolute atomic E-state index is 9.31. The van der Waals surface area contributed by atoms with Crippen molar-refractivity contribution in [3.8, 4) is 0 Å². The average molecular weight is 217 g/mol. The number of nitrogens with zero attached hydrogens (tertiary/aromatic N) is 1. The molecule has 0 aromatic rings. The molecule has 0 heterocycles. The summed E-state index contributed by atoms with van der Waals surface area (Å²) in [6.07, 6.45) is 2.61. The monoisotopic (exact) mass is 217 g/mol. The molecule has 0 saturated heterocycles. The Balaban J connectivity index is 3.56. The van der Waals surface area contributed by atoms with Crippen molar-refractivity contribution < 1.29 is 5.11 Å². The molecule has 0 aliphatic rings. The normalized spacial score (nSPS) is 15.6. The molecule has 0 aliphatic carbocycles. The Morgan fingerprint density at radius 1 is 1.40 bits per heavy atom. The molecule has 15 heavy (non-hydrogen) atoms. The van der Waals surface area contributed by atoms with Gasteiger partial charge in [-0.1, -0.05) is 0 Å². The first-order valence-corrected chi connectivity index (χ1v) is 5.82. The molecule has 2 unspecified atom stereocenters. The molecule has 92 valence electrons. The Morgan fingerprint density at radius 2 is 2.07 bits per heavy atom. The van der Waals surface area contributed by atoms with Crippen molar-refractivity contribution in [3.05, 3.63) is 0 Å². The van der Waals surface area contributed by atoms with Gasteiger partial charge in [-0.25, -0.2) is 0 Å². The van der Waals surface area contributed by atoms with Gasteiger partial charge in [-0.05, 0) is 59.9 Å². The van der Waals surface area contributed by atoms with E-state index in [0.717, 1.165) is 32.4 Å². The Kier molecular flexibility index (Phi) is 9.00. The number of aliphatic hydroxyl groups is 1. The third-order valence-corrected chi connectivity index (χ3v) is 2.36. The third-order valence-electron chi connectivity index (χ3n) is 2.36. The molecule has 0 aromatic heterocycles. The molecule has 0 saturated carbocycles. The van der Waals surface area contributed by atoms with Crippen LogP contribution in [0.2, 0.25) is 0 Å². The minimum Gasteiger partial charge on any atom is -0.393 e. The van der Waals surface area contributed by atoms with Crippen LogP contribution in [0.1, 0.15) is 26.2 Å². The molecule has 0 spiro atoms. The summed E-state index contributed by atoms with van der Waals surface area (Å²) >= 11 is 0. The van der Waals surface area contributed by atoms with Crippen molar-refractivity contribution in [2.24, 2.45) is 5.73 Å². The number of hydrogen-bond acceptors (Lipinski definition) is 4. The van der Waals surface area contributed by atoms with Crippen molar-refractivity contribution in [1.82, 2.24) is 10.2 Å². The minimum absolute atomic E-state index is 0.247. The van der Waals surface area contributed by atoms with Crippen molar-refractivity contribution in [3.63, 3.8) is 0 Å². The fourth-order valence-electron chi connectivity index (χ4n) is 1.62. The molecule has 0 aliphatic heterocycles. The zero-order valence-corrected chi connectivity index (χ0v) is 10.4. The first kappa shape index (κ1) is 14.8. The largest absolute Gasteiger partial charge is 0.393 e. The molecule has 0 bridgehead atoms. The lowest BCUT2D eigenvalue weighted by atomic mass is 10.1. The summed E-state index contributed by atoms with van der Waals surface area (Å²) in [6, 6.07) is 0.358. The molecule has 4 nitrogen and oxygen atoms in total. The smallest absolute Gasteiger partial charge is 0.0526 e. The average Bonchev–Trinajstić information content (AvgIpc) is 2.11. The molecular formula is C11H27N3O. The molecule has 2 atom stereocenters. The first-order chi connectivity index (χ1) is 7.06. The van der Waals surface area contributed by atoms with Gasteiger partial charge in [0.15, 0.2) is 0 Å². The number of hydrogen-bond donors (Lipinski definition) is 3. The SMILES string of the molecule is CC(O)CC(CCN)NCCCN(C)C. The zero-order chi connectivity index (χ0) is 11.7. The first-order valence-electron chi connectivity index (χ1n) is 5.82. The highest BCUT2D eigenvalue weighted by Gasteiger charge is 2.09. The lowest BCUT2D eigenvalue weighted by molar-refractivity contribution is 0.165. The second kappa shape index (κ2) is 9.09. The highest BCUT2D eigenvalue weighted by Crippen LogP contribution is 2.01. The predicted molar refractivity (Wildman–Crippen MR) is 64.9 cm³/mol. The van der Waals surface area contributed by atoms with E-state index in [0.29, 0.717) is 12.6 Å². The number of rotatable bonds is 9. The van der Waals surface area contributed by atoms with E-state index in [-0.39, 0.29) is 6.10 Å².